The van der Waals surface area contributed by atoms with E-state index in [1.165, 1.54) is 13.2 Å². The number of aliphatic imine (C=N–C) groups is 1. The number of rotatable bonds is 4. The molecule has 0 radical (unpaired) electrons. The van der Waals surface area contributed by atoms with Crippen LogP contribution in [0.25, 0.3) is 0 Å². The summed E-state index contributed by atoms with van der Waals surface area (Å²) >= 11 is 0. The molecular weight excluding hydrogens is 260 g/mol. The lowest BCUT2D eigenvalue weighted by Gasteiger charge is -2.20. The monoisotopic (exact) mass is 278 g/mol. The summed E-state index contributed by atoms with van der Waals surface area (Å²) in [6.07, 6.45) is 0.926. The van der Waals surface area contributed by atoms with E-state index < -0.39 is 11.7 Å². The molecule has 20 heavy (non-hydrogen) atoms. The van der Waals surface area contributed by atoms with Gasteiger partial charge in [0.1, 0.15) is 11.4 Å². The second-order valence-corrected chi connectivity index (χ2v) is 5.06. The fourth-order valence-electron chi connectivity index (χ4n) is 1.49. The molecule has 0 atom stereocenters. The van der Waals surface area contributed by atoms with Crippen LogP contribution in [0.15, 0.2) is 23.2 Å². The molecule has 1 N–H and O–H groups in total. The molecule has 1 rings (SSSR count). The van der Waals surface area contributed by atoms with Crippen molar-refractivity contribution in [3.05, 3.63) is 23.8 Å². The maximum atomic E-state index is 11.6. The molecule has 6 heteroatoms. The minimum absolute atomic E-state index is 0.180. The number of nitrogens with zero attached hydrogens (tertiary/aromatic N) is 1. The van der Waals surface area contributed by atoms with Crippen molar-refractivity contribution in [1.82, 2.24) is 0 Å². The van der Waals surface area contributed by atoms with Crippen molar-refractivity contribution in [2.75, 3.05) is 12.4 Å². The maximum absolute atomic E-state index is 11.6. The van der Waals surface area contributed by atoms with Gasteiger partial charge in [0.05, 0.1) is 13.7 Å². The third kappa shape index (κ3) is 5.12. The van der Waals surface area contributed by atoms with Gasteiger partial charge >= 0.3 is 6.09 Å². The number of ether oxygens (including phenoxy) is 2. The van der Waals surface area contributed by atoms with Crippen molar-refractivity contribution in [1.29, 1.82) is 0 Å². The van der Waals surface area contributed by atoms with E-state index in [2.05, 4.69) is 10.3 Å². The van der Waals surface area contributed by atoms with E-state index in [4.69, 9.17) is 9.47 Å². The number of anilines is 1. The van der Waals surface area contributed by atoms with Crippen molar-refractivity contribution in [2.24, 2.45) is 4.99 Å². The average molecular weight is 278 g/mol. The van der Waals surface area contributed by atoms with E-state index in [1.54, 1.807) is 39.0 Å². The van der Waals surface area contributed by atoms with Crippen molar-refractivity contribution in [2.45, 2.75) is 32.9 Å². The Hall–Kier alpha value is -2.33. The van der Waals surface area contributed by atoms with Gasteiger partial charge in [0.2, 0.25) is 6.08 Å². The van der Waals surface area contributed by atoms with Gasteiger partial charge in [0.15, 0.2) is 0 Å². The van der Waals surface area contributed by atoms with Crippen LogP contribution in [-0.2, 0) is 16.1 Å². The molecule has 0 spiro atoms. The smallest absolute Gasteiger partial charge is 0.412 e. The number of hydrogen-bond acceptors (Lipinski definition) is 5. The minimum Gasteiger partial charge on any atom is -0.496 e. The minimum atomic E-state index is -0.563. The van der Waals surface area contributed by atoms with Crippen LogP contribution in [0.3, 0.4) is 0 Å². The molecule has 0 bridgehead atoms. The van der Waals surface area contributed by atoms with Gasteiger partial charge in [-0.3, -0.25) is 5.32 Å². The third-order valence-corrected chi connectivity index (χ3v) is 2.25. The normalized spacial score (nSPS) is 10.4. The first-order valence-corrected chi connectivity index (χ1v) is 6.06. The van der Waals surface area contributed by atoms with E-state index in [0.29, 0.717) is 11.4 Å². The third-order valence-electron chi connectivity index (χ3n) is 2.25. The lowest BCUT2D eigenvalue weighted by atomic mass is 10.2. The number of isocyanates is 1. The standard InChI is InChI=1S/C14H18N2O4/c1-14(2,3)20-13(18)16-11-6-5-10(8-15-9-17)12(7-11)19-4/h5-7H,8H2,1-4H3,(H,16,18). The first-order chi connectivity index (χ1) is 9.35. The summed E-state index contributed by atoms with van der Waals surface area (Å²) in [6.45, 7) is 5.54. The summed E-state index contributed by atoms with van der Waals surface area (Å²) in [5.74, 6) is 0.526. The van der Waals surface area contributed by atoms with Gasteiger partial charge in [-0.15, -0.1) is 0 Å². The molecule has 0 fully saturated rings. The molecule has 1 aromatic carbocycles. The van der Waals surface area contributed by atoms with Crippen LogP contribution < -0.4 is 10.1 Å². The van der Waals surface area contributed by atoms with Crippen LogP contribution in [0.4, 0.5) is 10.5 Å². The van der Waals surface area contributed by atoms with Gasteiger partial charge in [-0.2, -0.15) is 0 Å². The molecular formula is C14H18N2O4. The van der Waals surface area contributed by atoms with Crippen LogP contribution in [0.5, 0.6) is 5.75 Å². The van der Waals surface area contributed by atoms with Crippen LogP contribution in [0, 0.1) is 0 Å². The summed E-state index contributed by atoms with van der Waals surface area (Å²) in [6, 6.07) is 5.04. The SMILES string of the molecule is COc1cc(NC(=O)OC(C)(C)C)ccc1CN=C=O. The zero-order chi connectivity index (χ0) is 15.2. The van der Waals surface area contributed by atoms with Crippen molar-refractivity contribution < 1.29 is 19.1 Å². The molecule has 0 aliphatic carbocycles. The molecule has 108 valence electrons. The van der Waals surface area contributed by atoms with E-state index in [0.717, 1.165) is 5.56 Å². The Morgan fingerprint density at radius 3 is 2.65 bits per heavy atom. The quantitative estimate of drug-likeness (QED) is 0.678. The molecule has 0 aromatic heterocycles. The summed E-state index contributed by atoms with van der Waals surface area (Å²) in [4.78, 5) is 25.2. The fourth-order valence-corrected chi connectivity index (χ4v) is 1.49. The largest absolute Gasteiger partial charge is 0.496 e. The highest BCUT2D eigenvalue weighted by Gasteiger charge is 2.16. The van der Waals surface area contributed by atoms with Gasteiger partial charge in [-0.25, -0.2) is 14.6 Å². The Morgan fingerprint density at radius 2 is 2.10 bits per heavy atom. The summed E-state index contributed by atoms with van der Waals surface area (Å²) < 4.78 is 10.3. The van der Waals surface area contributed by atoms with E-state index in [9.17, 15) is 9.59 Å². The van der Waals surface area contributed by atoms with Gasteiger partial charge in [-0.1, -0.05) is 6.07 Å². The Morgan fingerprint density at radius 1 is 1.40 bits per heavy atom. The second-order valence-electron chi connectivity index (χ2n) is 5.06. The molecule has 1 amide bonds. The highest BCUT2D eigenvalue weighted by atomic mass is 16.6. The van der Waals surface area contributed by atoms with Crippen molar-refractivity contribution >= 4 is 17.9 Å². The van der Waals surface area contributed by atoms with Crippen molar-refractivity contribution in [3.63, 3.8) is 0 Å². The van der Waals surface area contributed by atoms with Gasteiger partial charge in [-0.05, 0) is 26.8 Å². The number of carbonyl (C=O) groups excluding carboxylic acids is 2. The molecule has 0 unspecified atom stereocenters. The van der Waals surface area contributed by atoms with E-state index >= 15 is 0 Å². The Bertz CT molecular complexity index is 528. The van der Waals surface area contributed by atoms with Crippen LogP contribution in [0.1, 0.15) is 26.3 Å². The summed E-state index contributed by atoms with van der Waals surface area (Å²) in [5.41, 5.74) is 0.702. The van der Waals surface area contributed by atoms with Gasteiger partial charge in [0.25, 0.3) is 0 Å². The van der Waals surface area contributed by atoms with Gasteiger partial charge < -0.3 is 9.47 Å². The molecule has 0 aliphatic rings. The Balaban J connectivity index is 2.82. The molecule has 0 saturated heterocycles. The van der Waals surface area contributed by atoms with Gasteiger partial charge in [0, 0.05) is 17.3 Å². The molecule has 0 saturated carbocycles. The fraction of sp³-hybridized carbons (Fsp3) is 0.429. The molecule has 1 aromatic rings. The zero-order valence-corrected chi connectivity index (χ0v) is 12.0. The first-order valence-electron chi connectivity index (χ1n) is 6.06. The summed E-state index contributed by atoms with van der Waals surface area (Å²) in [5, 5.41) is 2.61. The lowest BCUT2D eigenvalue weighted by molar-refractivity contribution is 0.0636. The van der Waals surface area contributed by atoms with Crippen LogP contribution in [0.2, 0.25) is 0 Å². The molecule has 0 heterocycles. The van der Waals surface area contributed by atoms with Crippen LogP contribution in [-0.4, -0.2) is 24.9 Å². The Kier molecular flexibility index (Phi) is 5.29. The number of amides is 1. The predicted octanol–water partition coefficient (Wildman–Crippen LogP) is 2.88. The predicted molar refractivity (Wildman–Crippen MR) is 74.7 cm³/mol. The highest BCUT2D eigenvalue weighted by Crippen LogP contribution is 2.24. The summed E-state index contributed by atoms with van der Waals surface area (Å²) in [7, 11) is 1.50. The lowest BCUT2D eigenvalue weighted by Crippen LogP contribution is -2.27. The number of methoxy groups -OCH3 is 1. The first kappa shape index (κ1) is 15.7. The van der Waals surface area contributed by atoms with Crippen molar-refractivity contribution in [3.8, 4) is 5.75 Å². The van der Waals surface area contributed by atoms with E-state index in [1.807, 2.05) is 0 Å². The average Bonchev–Trinajstić information content (AvgIpc) is 2.34. The second kappa shape index (κ2) is 6.73. The number of hydrogen-bond donors (Lipinski definition) is 1. The number of carbonyl (C=O) groups is 1. The zero-order valence-electron chi connectivity index (χ0n) is 12.0. The van der Waals surface area contributed by atoms with Crippen LogP contribution >= 0.6 is 0 Å². The van der Waals surface area contributed by atoms with E-state index in [-0.39, 0.29) is 6.54 Å². The maximum Gasteiger partial charge on any atom is 0.412 e. The number of benzene rings is 1. The topological polar surface area (TPSA) is 77.0 Å². The molecule has 6 nitrogen and oxygen atoms in total. The number of nitrogens with one attached hydrogen (secondary N) is 1. The Labute approximate surface area is 117 Å². The molecule has 0 aliphatic heterocycles. The highest BCUT2D eigenvalue weighted by molar-refractivity contribution is 5.85.